The summed E-state index contributed by atoms with van der Waals surface area (Å²) in [6.45, 7) is 8.89. The van der Waals surface area contributed by atoms with Crippen molar-refractivity contribution in [3.05, 3.63) is 101 Å². The molecule has 3 aromatic carbocycles. The van der Waals surface area contributed by atoms with Crippen LogP contribution in [0.15, 0.2) is 72.8 Å². The molecule has 1 saturated heterocycles. The zero-order chi connectivity index (χ0) is 21.6. The Kier molecular flexibility index (Phi) is 5.11. The first-order valence-corrected chi connectivity index (χ1v) is 11.3. The minimum atomic E-state index is -0.672. The lowest BCUT2D eigenvalue weighted by molar-refractivity contribution is -0.0316. The number of nitrogens with zero attached hydrogens (tertiary/aromatic N) is 1. The van der Waals surface area contributed by atoms with Gasteiger partial charge in [0.25, 0.3) is 0 Å². The van der Waals surface area contributed by atoms with Gasteiger partial charge in [-0.15, -0.1) is 0 Å². The highest BCUT2D eigenvalue weighted by Crippen LogP contribution is 2.56. The molecule has 0 aromatic heterocycles. The van der Waals surface area contributed by atoms with Crippen LogP contribution in [0.5, 0.6) is 5.75 Å². The molecule has 0 amide bonds. The van der Waals surface area contributed by atoms with Crippen molar-refractivity contribution in [2.75, 3.05) is 13.1 Å². The molecule has 1 spiro atoms. The largest absolute Gasteiger partial charge is 0.481 e. The average molecular weight is 414 g/mol. The van der Waals surface area contributed by atoms with Gasteiger partial charge in [-0.25, -0.2) is 0 Å². The third kappa shape index (κ3) is 3.37. The van der Waals surface area contributed by atoms with Crippen LogP contribution in [-0.4, -0.2) is 28.7 Å². The van der Waals surface area contributed by atoms with Crippen LogP contribution < -0.4 is 4.74 Å². The van der Waals surface area contributed by atoms with E-state index in [1.165, 1.54) is 16.7 Å². The maximum atomic E-state index is 11.8. The molecule has 0 radical (unpaired) electrons. The Bertz CT molecular complexity index is 1060. The van der Waals surface area contributed by atoms with Gasteiger partial charge < -0.3 is 9.84 Å². The van der Waals surface area contributed by atoms with E-state index in [9.17, 15) is 5.11 Å². The van der Waals surface area contributed by atoms with E-state index in [0.717, 1.165) is 30.0 Å². The second-order valence-corrected chi connectivity index (χ2v) is 9.45. The molecule has 1 fully saturated rings. The van der Waals surface area contributed by atoms with Gasteiger partial charge in [0.1, 0.15) is 11.9 Å². The summed E-state index contributed by atoms with van der Waals surface area (Å²) in [5.74, 6) is 1.35. The van der Waals surface area contributed by atoms with Gasteiger partial charge in [-0.05, 0) is 35.1 Å². The molecule has 3 aromatic rings. The number of rotatable bonds is 4. The summed E-state index contributed by atoms with van der Waals surface area (Å²) in [4.78, 5) is 2.44. The second kappa shape index (κ2) is 7.81. The normalized spacial score (nSPS) is 25.2. The molecule has 160 valence electrons. The van der Waals surface area contributed by atoms with Crippen LogP contribution >= 0.6 is 0 Å². The molecule has 31 heavy (non-hydrogen) atoms. The lowest BCUT2D eigenvalue weighted by Gasteiger charge is -2.33. The molecule has 3 atom stereocenters. The van der Waals surface area contributed by atoms with E-state index in [1.807, 2.05) is 0 Å². The minimum Gasteiger partial charge on any atom is -0.481 e. The smallest absolute Gasteiger partial charge is 0.160 e. The van der Waals surface area contributed by atoms with Crippen molar-refractivity contribution in [3.63, 3.8) is 0 Å². The highest BCUT2D eigenvalue weighted by molar-refractivity contribution is 5.54. The molecule has 2 heterocycles. The lowest BCUT2D eigenvalue weighted by atomic mass is 9.79. The molecular formula is C28H31NO2. The predicted molar refractivity (Wildman–Crippen MR) is 124 cm³/mol. The van der Waals surface area contributed by atoms with Crippen LogP contribution in [-0.2, 0) is 6.54 Å². The Morgan fingerprint density at radius 1 is 1.00 bits per heavy atom. The first-order chi connectivity index (χ1) is 15.0. The summed E-state index contributed by atoms with van der Waals surface area (Å²) in [5, 5.41) is 11.8. The maximum Gasteiger partial charge on any atom is 0.160 e. The van der Waals surface area contributed by atoms with Crippen molar-refractivity contribution in [1.82, 2.24) is 4.90 Å². The Hall–Kier alpha value is -2.62. The third-order valence-corrected chi connectivity index (χ3v) is 7.05. The van der Waals surface area contributed by atoms with E-state index < -0.39 is 11.7 Å². The fourth-order valence-corrected chi connectivity index (χ4v) is 5.47. The number of hydrogen-bond acceptors (Lipinski definition) is 3. The zero-order valence-corrected chi connectivity index (χ0v) is 18.6. The molecule has 3 heteroatoms. The first kappa shape index (κ1) is 20.3. The molecule has 0 bridgehead atoms. The number of hydrogen-bond donors (Lipinski definition) is 1. The summed E-state index contributed by atoms with van der Waals surface area (Å²) in [6, 6.07) is 25.4. The topological polar surface area (TPSA) is 32.7 Å². The monoisotopic (exact) mass is 413 g/mol. The predicted octanol–water partition coefficient (Wildman–Crippen LogP) is 5.58. The van der Waals surface area contributed by atoms with Crippen molar-refractivity contribution in [2.45, 2.75) is 50.9 Å². The molecule has 3 nitrogen and oxygen atoms in total. The van der Waals surface area contributed by atoms with E-state index in [-0.39, 0.29) is 5.92 Å². The van der Waals surface area contributed by atoms with Crippen molar-refractivity contribution >= 4 is 0 Å². The first-order valence-electron chi connectivity index (χ1n) is 11.3. The SMILES string of the molecule is Cc1ccc(C(C)C)c2c1C(O)[C@]1(CN(Cc3ccccc3)C[C@@H]1c1ccccc1)O2. The quantitative estimate of drug-likeness (QED) is 0.606. The number of benzene rings is 3. The lowest BCUT2D eigenvalue weighted by Crippen LogP contribution is -2.45. The Morgan fingerprint density at radius 3 is 2.35 bits per heavy atom. The summed E-state index contributed by atoms with van der Waals surface area (Å²) in [7, 11) is 0. The summed E-state index contributed by atoms with van der Waals surface area (Å²) in [5.41, 5.74) is 5.12. The van der Waals surface area contributed by atoms with Crippen LogP contribution in [0.4, 0.5) is 0 Å². The Balaban J connectivity index is 1.57. The Morgan fingerprint density at radius 2 is 1.68 bits per heavy atom. The number of aliphatic hydroxyl groups excluding tert-OH is 1. The van der Waals surface area contributed by atoms with Crippen LogP contribution in [0.25, 0.3) is 0 Å². The van der Waals surface area contributed by atoms with E-state index >= 15 is 0 Å². The van der Waals surface area contributed by atoms with Gasteiger partial charge in [-0.2, -0.15) is 0 Å². The molecule has 5 rings (SSSR count). The number of aryl methyl sites for hydroxylation is 1. The van der Waals surface area contributed by atoms with Gasteiger partial charge in [0.05, 0.1) is 0 Å². The van der Waals surface area contributed by atoms with Gasteiger partial charge in [0.2, 0.25) is 0 Å². The molecular weight excluding hydrogens is 382 g/mol. The average Bonchev–Trinajstić information content (AvgIpc) is 3.27. The molecule has 0 saturated carbocycles. The van der Waals surface area contributed by atoms with E-state index in [4.69, 9.17) is 4.74 Å². The highest BCUT2D eigenvalue weighted by atomic mass is 16.5. The third-order valence-electron chi connectivity index (χ3n) is 7.05. The van der Waals surface area contributed by atoms with E-state index in [2.05, 4.69) is 98.5 Å². The molecule has 1 unspecified atom stereocenters. The summed E-state index contributed by atoms with van der Waals surface area (Å²) < 4.78 is 6.88. The fourth-order valence-electron chi connectivity index (χ4n) is 5.47. The van der Waals surface area contributed by atoms with Crippen LogP contribution in [0, 0.1) is 6.92 Å². The van der Waals surface area contributed by atoms with Gasteiger partial charge in [0, 0.05) is 31.1 Å². The highest BCUT2D eigenvalue weighted by Gasteiger charge is 2.59. The van der Waals surface area contributed by atoms with Crippen LogP contribution in [0.3, 0.4) is 0 Å². The fraction of sp³-hybridized carbons (Fsp3) is 0.357. The zero-order valence-electron chi connectivity index (χ0n) is 18.6. The molecule has 1 N–H and O–H groups in total. The number of likely N-dealkylation sites (tertiary alicyclic amines) is 1. The van der Waals surface area contributed by atoms with Crippen LogP contribution in [0.2, 0.25) is 0 Å². The minimum absolute atomic E-state index is 0.0965. The van der Waals surface area contributed by atoms with Crippen molar-refractivity contribution in [3.8, 4) is 5.75 Å². The summed E-state index contributed by atoms with van der Waals surface area (Å²) in [6.07, 6.45) is -0.646. The van der Waals surface area contributed by atoms with Gasteiger partial charge >= 0.3 is 0 Å². The Labute approximate surface area is 185 Å². The summed E-state index contributed by atoms with van der Waals surface area (Å²) >= 11 is 0. The molecule has 0 aliphatic carbocycles. The standard InChI is InChI=1S/C28H31NO2/c1-19(2)23-15-14-20(3)25-26(23)31-28(27(25)30)18-29(16-21-10-6-4-7-11-21)17-24(28)22-12-8-5-9-13-22/h4-15,19,24,27,30H,16-18H2,1-3H3/t24-,27?,28-/m1/s1. The van der Waals surface area contributed by atoms with Crippen molar-refractivity contribution in [2.24, 2.45) is 0 Å². The van der Waals surface area contributed by atoms with E-state index in [1.54, 1.807) is 0 Å². The molecule has 2 aliphatic heterocycles. The van der Waals surface area contributed by atoms with Gasteiger partial charge in [-0.3, -0.25) is 4.90 Å². The maximum absolute atomic E-state index is 11.8. The number of fused-ring (bicyclic) bond motifs is 1. The number of aliphatic hydroxyl groups is 1. The number of ether oxygens (including phenoxy) is 1. The van der Waals surface area contributed by atoms with Crippen molar-refractivity contribution in [1.29, 1.82) is 0 Å². The second-order valence-electron chi connectivity index (χ2n) is 9.45. The molecule has 2 aliphatic rings. The van der Waals surface area contributed by atoms with E-state index in [0.29, 0.717) is 12.5 Å². The van der Waals surface area contributed by atoms with Crippen LogP contribution in [0.1, 0.15) is 59.6 Å². The van der Waals surface area contributed by atoms with Gasteiger partial charge in [0.15, 0.2) is 5.60 Å². The van der Waals surface area contributed by atoms with Gasteiger partial charge in [-0.1, -0.05) is 86.6 Å². The van der Waals surface area contributed by atoms with Crippen molar-refractivity contribution < 1.29 is 9.84 Å².